The number of nitrogens with one attached hydrogen (secondary N) is 1. The lowest BCUT2D eigenvalue weighted by molar-refractivity contribution is 0.102. The molecule has 7 nitrogen and oxygen atoms in total. The van der Waals surface area contributed by atoms with Crippen molar-refractivity contribution in [1.29, 1.82) is 0 Å². The van der Waals surface area contributed by atoms with Gasteiger partial charge in [0, 0.05) is 16.5 Å². The third-order valence-electron chi connectivity index (χ3n) is 3.92. The number of thiazole rings is 1. The molecule has 0 aliphatic heterocycles. The van der Waals surface area contributed by atoms with Crippen LogP contribution in [0.1, 0.15) is 10.4 Å². The second-order valence-electron chi connectivity index (χ2n) is 5.53. The first kappa shape index (κ1) is 17.4. The van der Waals surface area contributed by atoms with E-state index in [9.17, 15) is 4.79 Å². The first-order valence-corrected chi connectivity index (χ1v) is 9.50. The number of methoxy groups -OCH3 is 2. The van der Waals surface area contributed by atoms with Crippen LogP contribution in [0.2, 0.25) is 0 Å². The van der Waals surface area contributed by atoms with Crippen LogP contribution in [0.25, 0.3) is 22.3 Å². The van der Waals surface area contributed by atoms with Crippen molar-refractivity contribution in [2.75, 3.05) is 19.5 Å². The molecule has 0 unspecified atom stereocenters. The van der Waals surface area contributed by atoms with E-state index in [-0.39, 0.29) is 5.91 Å². The molecule has 27 heavy (non-hydrogen) atoms. The number of hydrogen-bond acceptors (Lipinski definition) is 8. The number of hydrogen-bond donors (Lipinski definition) is 1. The number of carbonyl (C=O) groups is 1. The van der Waals surface area contributed by atoms with Crippen molar-refractivity contribution in [2.45, 2.75) is 0 Å². The second kappa shape index (κ2) is 7.29. The first-order valence-electron chi connectivity index (χ1n) is 7.89. The highest BCUT2D eigenvalue weighted by Crippen LogP contribution is 2.33. The molecule has 4 rings (SSSR count). The van der Waals surface area contributed by atoms with Crippen molar-refractivity contribution in [3.8, 4) is 22.8 Å². The number of amides is 1. The Bertz CT molecular complexity index is 1120. The van der Waals surface area contributed by atoms with Crippen LogP contribution in [0.5, 0.6) is 11.5 Å². The zero-order valence-corrected chi connectivity index (χ0v) is 16.1. The van der Waals surface area contributed by atoms with Crippen molar-refractivity contribution >= 4 is 45.1 Å². The number of anilines is 1. The van der Waals surface area contributed by atoms with Crippen LogP contribution in [0.4, 0.5) is 5.13 Å². The molecule has 0 bridgehead atoms. The molecule has 0 radical (unpaired) electrons. The minimum Gasteiger partial charge on any atom is -0.493 e. The maximum absolute atomic E-state index is 12.5. The third kappa shape index (κ3) is 3.46. The average molecular weight is 398 g/mol. The lowest BCUT2D eigenvalue weighted by Gasteiger charge is -2.08. The van der Waals surface area contributed by atoms with Crippen molar-refractivity contribution in [2.24, 2.45) is 0 Å². The fourth-order valence-electron chi connectivity index (χ4n) is 2.55. The van der Waals surface area contributed by atoms with Gasteiger partial charge in [0.25, 0.3) is 5.91 Å². The Morgan fingerprint density at radius 2 is 1.81 bits per heavy atom. The van der Waals surface area contributed by atoms with Gasteiger partial charge in [-0.3, -0.25) is 10.1 Å². The minimum atomic E-state index is -0.238. The van der Waals surface area contributed by atoms with Crippen LogP contribution in [-0.4, -0.2) is 33.9 Å². The monoisotopic (exact) mass is 398 g/mol. The molecule has 9 heteroatoms. The number of benzene rings is 2. The van der Waals surface area contributed by atoms with Gasteiger partial charge in [-0.2, -0.15) is 8.75 Å². The predicted octanol–water partition coefficient (Wildman–Crippen LogP) is 4.08. The topological polar surface area (TPSA) is 86.2 Å². The van der Waals surface area contributed by atoms with Gasteiger partial charge in [0.2, 0.25) is 0 Å². The van der Waals surface area contributed by atoms with Crippen molar-refractivity contribution in [3.63, 3.8) is 0 Å². The molecule has 2 aromatic heterocycles. The summed E-state index contributed by atoms with van der Waals surface area (Å²) >= 11 is 2.48. The van der Waals surface area contributed by atoms with E-state index in [1.165, 1.54) is 11.3 Å². The van der Waals surface area contributed by atoms with Crippen molar-refractivity contribution in [1.82, 2.24) is 13.7 Å². The molecule has 136 valence electrons. The first-order chi connectivity index (χ1) is 13.2. The van der Waals surface area contributed by atoms with E-state index in [1.807, 2.05) is 23.6 Å². The fourth-order valence-corrected chi connectivity index (χ4v) is 3.78. The van der Waals surface area contributed by atoms with Crippen LogP contribution in [-0.2, 0) is 0 Å². The molecule has 0 saturated heterocycles. The number of rotatable bonds is 5. The number of aromatic nitrogens is 3. The Morgan fingerprint density at radius 3 is 2.63 bits per heavy atom. The zero-order valence-electron chi connectivity index (χ0n) is 14.4. The fraction of sp³-hybridized carbons (Fsp3) is 0.111. The van der Waals surface area contributed by atoms with Crippen LogP contribution in [0.3, 0.4) is 0 Å². The zero-order chi connectivity index (χ0) is 18.8. The van der Waals surface area contributed by atoms with Crippen LogP contribution >= 0.6 is 23.1 Å². The van der Waals surface area contributed by atoms with Gasteiger partial charge >= 0.3 is 0 Å². The lowest BCUT2D eigenvalue weighted by Crippen LogP contribution is -2.11. The molecule has 2 heterocycles. The van der Waals surface area contributed by atoms with E-state index >= 15 is 0 Å². The molecule has 2 aromatic carbocycles. The molecule has 1 amide bonds. The van der Waals surface area contributed by atoms with E-state index in [0.29, 0.717) is 27.7 Å². The van der Waals surface area contributed by atoms with Crippen molar-refractivity contribution < 1.29 is 14.3 Å². The van der Waals surface area contributed by atoms with E-state index in [1.54, 1.807) is 32.4 Å². The molecular weight excluding hydrogens is 384 g/mol. The van der Waals surface area contributed by atoms with Crippen LogP contribution < -0.4 is 14.8 Å². The Kier molecular flexibility index (Phi) is 4.69. The summed E-state index contributed by atoms with van der Waals surface area (Å²) in [5.74, 6) is 1.04. The average Bonchev–Trinajstić information content (AvgIpc) is 3.36. The third-order valence-corrected chi connectivity index (χ3v) is 5.23. The highest BCUT2D eigenvalue weighted by Gasteiger charge is 2.13. The van der Waals surface area contributed by atoms with Gasteiger partial charge in [0.05, 0.1) is 31.6 Å². The molecule has 0 aliphatic rings. The predicted molar refractivity (Wildman–Crippen MR) is 106 cm³/mol. The minimum absolute atomic E-state index is 0.238. The van der Waals surface area contributed by atoms with Gasteiger partial charge < -0.3 is 9.47 Å². The van der Waals surface area contributed by atoms with Crippen LogP contribution in [0.15, 0.2) is 41.8 Å². The molecule has 0 aliphatic carbocycles. The maximum Gasteiger partial charge on any atom is 0.257 e. The Balaban J connectivity index is 1.54. The standard InChI is InChI=1S/C18H14N4O3S2/c1-24-15-6-4-10(8-16(15)25-2)14-9-26-18(19-14)20-17(23)11-3-5-12-13(7-11)22-27-21-12/h3-9H,1-2H3,(H,19,20,23). The molecule has 0 saturated carbocycles. The maximum atomic E-state index is 12.5. The summed E-state index contributed by atoms with van der Waals surface area (Å²) in [6.07, 6.45) is 0. The second-order valence-corrected chi connectivity index (χ2v) is 6.92. The molecule has 1 N–H and O–H groups in total. The normalized spacial score (nSPS) is 10.7. The number of ether oxygens (including phenoxy) is 2. The lowest BCUT2D eigenvalue weighted by atomic mass is 10.1. The quantitative estimate of drug-likeness (QED) is 0.545. The van der Waals surface area contributed by atoms with E-state index in [4.69, 9.17) is 9.47 Å². The van der Waals surface area contributed by atoms with E-state index < -0.39 is 0 Å². The summed E-state index contributed by atoms with van der Waals surface area (Å²) in [4.78, 5) is 17.0. The molecule has 0 fully saturated rings. The van der Waals surface area contributed by atoms with Gasteiger partial charge in [-0.15, -0.1) is 11.3 Å². The molecule has 4 aromatic rings. The number of carbonyl (C=O) groups excluding carboxylic acids is 1. The summed E-state index contributed by atoms with van der Waals surface area (Å²) < 4.78 is 18.9. The van der Waals surface area contributed by atoms with E-state index in [2.05, 4.69) is 19.0 Å². The molecule has 0 spiro atoms. The van der Waals surface area contributed by atoms with Gasteiger partial charge in [-0.1, -0.05) is 0 Å². The number of fused-ring (bicyclic) bond motifs is 1. The molecular formula is C18H14N4O3S2. The summed E-state index contributed by atoms with van der Waals surface area (Å²) in [6, 6.07) is 10.8. The van der Waals surface area contributed by atoms with Gasteiger partial charge in [-0.25, -0.2) is 4.98 Å². The summed E-state index contributed by atoms with van der Waals surface area (Å²) in [6.45, 7) is 0. The SMILES string of the molecule is COc1ccc(-c2csc(NC(=O)c3ccc4nsnc4c3)n2)cc1OC. The van der Waals surface area contributed by atoms with Crippen molar-refractivity contribution in [3.05, 3.63) is 47.3 Å². The largest absolute Gasteiger partial charge is 0.493 e. The van der Waals surface area contributed by atoms with Gasteiger partial charge in [-0.05, 0) is 36.4 Å². The summed E-state index contributed by atoms with van der Waals surface area (Å²) in [5, 5.41) is 5.22. The Morgan fingerprint density at radius 1 is 1.00 bits per heavy atom. The highest BCUT2D eigenvalue weighted by atomic mass is 32.1. The van der Waals surface area contributed by atoms with Crippen LogP contribution in [0, 0.1) is 0 Å². The summed E-state index contributed by atoms with van der Waals surface area (Å²) in [7, 11) is 3.18. The van der Waals surface area contributed by atoms with Gasteiger partial charge in [0.1, 0.15) is 11.0 Å². The summed E-state index contributed by atoms with van der Waals surface area (Å²) in [5.41, 5.74) is 3.62. The smallest absolute Gasteiger partial charge is 0.257 e. The highest BCUT2D eigenvalue weighted by molar-refractivity contribution is 7.14. The number of nitrogens with zero attached hydrogens (tertiary/aromatic N) is 3. The van der Waals surface area contributed by atoms with Gasteiger partial charge in [0.15, 0.2) is 16.6 Å². The Labute approximate surface area is 162 Å². The van der Waals surface area contributed by atoms with E-state index in [0.717, 1.165) is 28.5 Å². The Hall–Kier alpha value is -3.04. The molecule has 0 atom stereocenters.